The number of nitrogens with zero attached hydrogens (tertiary/aromatic N) is 2. The summed E-state index contributed by atoms with van der Waals surface area (Å²) in [5.41, 5.74) is 4.34. The largest absolute Gasteiger partial charge is 0.478 e. The SMILES string of the molecule is Cc1ccccc1CC1SC(=Nc2ccc(C(=O)O)cc2)N(CCc2ccccc2)C1=O. The summed E-state index contributed by atoms with van der Waals surface area (Å²) in [6, 6.07) is 24.6. The highest BCUT2D eigenvalue weighted by Gasteiger charge is 2.37. The Kier molecular flexibility index (Phi) is 6.71. The van der Waals surface area contributed by atoms with Crippen LogP contribution in [0.2, 0.25) is 0 Å². The molecule has 5 nitrogen and oxygen atoms in total. The molecule has 0 saturated carbocycles. The minimum absolute atomic E-state index is 0.0649. The standard InChI is InChI=1S/C26H24N2O3S/c1-18-7-5-6-10-21(18)17-23-24(29)28(16-15-19-8-3-2-4-9-19)26(32-23)27-22-13-11-20(12-14-22)25(30)31/h2-14,23H,15-17H2,1H3,(H,30,31). The number of rotatable bonds is 7. The molecule has 0 aliphatic carbocycles. The van der Waals surface area contributed by atoms with Gasteiger partial charge in [0.1, 0.15) is 0 Å². The summed E-state index contributed by atoms with van der Waals surface area (Å²) < 4.78 is 0. The smallest absolute Gasteiger partial charge is 0.335 e. The highest BCUT2D eigenvalue weighted by atomic mass is 32.2. The molecule has 0 spiro atoms. The zero-order valence-corrected chi connectivity index (χ0v) is 18.6. The van der Waals surface area contributed by atoms with Gasteiger partial charge in [0, 0.05) is 6.54 Å². The molecule has 1 heterocycles. The first-order valence-electron chi connectivity index (χ1n) is 10.5. The van der Waals surface area contributed by atoms with Crippen LogP contribution in [0.25, 0.3) is 0 Å². The lowest BCUT2D eigenvalue weighted by Gasteiger charge is -2.17. The average Bonchev–Trinajstić information content (AvgIpc) is 3.09. The topological polar surface area (TPSA) is 70.0 Å². The summed E-state index contributed by atoms with van der Waals surface area (Å²) in [7, 11) is 0. The number of benzene rings is 3. The Morgan fingerprint density at radius 2 is 1.69 bits per heavy atom. The van der Waals surface area contributed by atoms with E-state index in [1.807, 2.05) is 30.3 Å². The van der Waals surface area contributed by atoms with E-state index in [9.17, 15) is 9.59 Å². The third-order valence-corrected chi connectivity index (χ3v) is 6.67. The molecule has 0 aromatic heterocycles. The maximum atomic E-state index is 13.3. The number of aromatic carboxylic acids is 1. The van der Waals surface area contributed by atoms with Gasteiger partial charge >= 0.3 is 5.97 Å². The van der Waals surface area contributed by atoms with Crippen molar-refractivity contribution in [3.05, 3.63) is 101 Å². The van der Waals surface area contributed by atoms with Crippen molar-refractivity contribution in [1.82, 2.24) is 4.90 Å². The quantitative estimate of drug-likeness (QED) is 0.550. The fourth-order valence-corrected chi connectivity index (χ4v) is 4.86. The van der Waals surface area contributed by atoms with Gasteiger partial charge in [-0.15, -0.1) is 0 Å². The second kappa shape index (κ2) is 9.83. The van der Waals surface area contributed by atoms with Gasteiger partial charge in [0.05, 0.1) is 16.5 Å². The van der Waals surface area contributed by atoms with Crippen molar-refractivity contribution in [1.29, 1.82) is 0 Å². The Morgan fingerprint density at radius 3 is 2.38 bits per heavy atom. The summed E-state index contributed by atoms with van der Waals surface area (Å²) in [6.45, 7) is 2.61. The number of amides is 1. The minimum atomic E-state index is -0.975. The number of carbonyl (C=O) groups excluding carboxylic acids is 1. The van der Waals surface area contributed by atoms with Crippen molar-refractivity contribution in [2.45, 2.75) is 25.0 Å². The number of carboxylic acids is 1. The summed E-state index contributed by atoms with van der Waals surface area (Å²) in [4.78, 5) is 30.9. The molecule has 1 N–H and O–H groups in total. The van der Waals surface area contributed by atoms with Crippen molar-refractivity contribution >= 4 is 34.5 Å². The molecule has 1 atom stereocenters. The number of carboxylic acid groups (broad SMARTS) is 1. The normalized spacial score (nSPS) is 17.2. The molecule has 1 unspecified atom stereocenters. The average molecular weight is 445 g/mol. The Labute approximate surface area is 191 Å². The molecular formula is C26H24N2O3S. The summed E-state index contributed by atoms with van der Waals surface area (Å²) in [6.07, 6.45) is 1.39. The van der Waals surface area contributed by atoms with Gasteiger partial charge < -0.3 is 5.11 Å². The van der Waals surface area contributed by atoms with Gasteiger partial charge in [-0.05, 0) is 60.7 Å². The molecule has 3 aromatic rings. The van der Waals surface area contributed by atoms with Gasteiger partial charge in [-0.25, -0.2) is 9.79 Å². The maximum absolute atomic E-state index is 13.3. The predicted molar refractivity (Wildman–Crippen MR) is 129 cm³/mol. The van der Waals surface area contributed by atoms with Crippen molar-refractivity contribution in [3.8, 4) is 0 Å². The fraction of sp³-hybridized carbons (Fsp3) is 0.192. The summed E-state index contributed by atoms with van der Waals surface area (Å²) >= 11 is 1.48. The van der Waals surface area contributed by atoms with E-state index >= 15 is 0 Å². The third-order valence-electron chi connectivity index (χ3n) is 5.49. The first-order valence-corrected chi connectivity index (χ1v) is 11.4. The third kappa shape index (κ3) is 5.08. The van der Waals surface area contributed by atoms with Crippen LogP contribution in [-0.2, 0) is 17.6 Å². The van der Waals surface area contributed by atoms with Gasteiger partial charge in [0.2, 0.25) is 5.91 Å². The van der Waals surface area contributed by atoms with Crippen molar-refractivity contribution in [2.75, 3.05) is 6.54 Å². The van der Waals surface area contributed by atoms with Gasteiger partial charge in [-0.1, -0.05) is 66.4 Å². The van der Waals surface area contributed by atoms with Crippen LogP contribution >= 0.6 is 11.8 Å². The molecule has 162 valence electrons. The highest BCUT2D eigenvalue weighted by molar-refractivity contribution is 8.15. The lowest BCUT2D eigenvalue weighted by molar-refractivity contribution is -0.126. The minimum Gasteiger partial charge on any atom is -0.478 e. The Morgan fingerprint density at radius 1 is 1.00 bits per heavy atom. The molecule has 3 aromatic carbocycles. The molecule has 32 heavy (non-hydrogen) atoms. The van der Waals surface area contributed by atoms with Crippen molar-refractivity contribution in [2.24, 2.45) is 4.99 Å². The summed E-state index contributed by atoms with van der Waals surface area (Å²) in [5.74, 6) is -0.910. The maximum Gasteiger partial charge on any atom is 0.335 e. The van der Waals surface area contributed by atoms with Crippen LogP contribution in [0.4, 0.5) is 5.69 Å². The number of aryl methyl sites for hydroxylation is 1. The second-order valence-electron chi connectivity index (χ2n) is 7.71. The van der Waals surface area contributed by atoms with Crippen LogP contribution in [0, 0.1) is 6.92 Å². The molecule has 1 saturated heterocycles. The Balaban J connectivity index is 1.59. The van der Waals surface area contributed by atoms with Crippen molar-refractivity contribution < 1.29 is 14.7 Å². The van der Waals surface area contributed by atoms with Crippen LogP contribution in [0.5, 0.6) is 0 Å². The molecule has 1 amide bonds. The molecule has 1 fully saturated rings. The molecule has 6 heteroatoms. The lowest BCUT2D eigenvalue weighted by atomic mass is 10.0. The van der Waals surface area contributed by atoms with Crippen LogP contribution in [0.1, 0.15) is 27.0 Å². The number of hydrogen-bond acceptors (Lipinski definition) is 4. The number of thioether (sulfide) groups is 1. The van der Waals surface area contributed by atoms with E-state index in [1.165, 1.54) is 29.5 Å². The molecular weight excluding hydrogens is 420 g/mol. The van der Waals surface area contributed by atoms with E-state index in [4.69, 9.17) is 10.1 Å². The molecule has 0 radical (unpaired) electrons. The van der Waals surface area contributed by atoms with Crippen LogP contribution < -0.4 is 0 Å². The lowest BCUT2D eigenvalue weighted by Crippen LogP contribution is -2.34. The van der Waals surface area contributed by atoms with Gasteiger partial charge in [0.15, 0.2) is 5.17 Å². The van der Waals surface area contributed by atoms with Crippen LogP contribution in [-0.4, -0.2) is 38.8 Å². The van der Waals surface area contributed by atoms with E-state index in [-0.39, 0.29) is 16.7 Å². The first-order chi connectivity index (χ1) is 15.5. The van der Waals surface area contributed by atoms with E-state index < -0.39 is 5.97 Å². The molecule has 4 rings (SSSR count). The highest BCUT2D eigenvalue weighted by Crippen LogP contribution is 2.32. The number of aliphatic imine (C=N–C) groups is 1. The van der Waals surface area contributed by atoms with Gasteiger partial charge in [0.25, 0.3) is 0 Å². The predicted octanol–water partition coefficient (Wildman–Crippen LogP) is 5.11. The van der Waals surface area contributed by atoms with E-state index in [0.717, 1.165) is 17.5 Å². The zero-order valence-electron chi connectivity index (χ0n) is 17.8. The van der Waals surface area contributed by atoms with Crippen LogP contribution in [0.15, 0.2) is 83.9 Å². The van der Waals surface area contributed by atoms with E-state index in [2.05, 4.69) is 31.2 Å². The van der Waals surface area contributed by atoms with Gasteiger partial charge in [-0.2, -0.15) is 0 Å². The molecule has 1 aliphatic heterocycles. The van der Waals surface area contributed by atoms with Crippen LogP contribution in [0.3, 0.4) is 0 Å². The van der Waals surface area contributed by atoms with Gasteiger partial charge in [-0.3, -0.25) is 9.69 Å². The second-order valence-corrected chi connectivity index (χ2v) is 8.88. The van der Waals surface area contributed by atoms with E-state index in [1.54, 1.807) is 17.0 Å². The Hall–Kier alpha value is -3.38. The first kappa shape index (κ1) is 21.8. The number of carbonyl (C=O) groups is 2. The zero-order chi connectivity index (χ0) is 22.5. The van der Waals surface area contributed by atoms with Crippen molar-refractivity contribution in [3.63, 3.8) is 0 Å². The number of hydrogen-bond donors (Lipinski definition) is 1. The molecule has 0 bridgehead atoms. The molecule has 1 aliphatic rings. The summed E-state index contributed by atoms with van der Waals surface area (Å²) in [5, 5.41) is 9.55. The Bertz CT molecular complexity index is 1140. The monoisotopic (exact) mass is 444 g/mol. The van der Waals surface area contributed by atoms with E-state index in [0.29, 0.717) is 23.8 Å². The number of amidine groups is 1. The fourth-order valence-electron chi connectivity index (χ4n) is 3.64.